The summed E-state index contributed by atoms with van der Waals surface area (Å²) in [5.74, 6) is -0.618. The second kappa shape index (κ2) is 6.37. The topological polar surface area (TPSA) is 66.8 Å². The fourth-order valence-electron chi connectivity index (χ4n) is 3.13. The van der Waals surface area contributed by atoms with Gasteiger partial charge in [-0.05, 0) is 38.0 Å². The molecule has 2 rings (SSSR count). The average molecular weight is 269 g/mol. The molecule has 0 radical (unpaired) electrons. The average Bonchev–Trinajstić information content (AvgIpc) is 2.46. The van der Waals surface area contributed by atoms with E-state index in [9.17, 15) is 14.7 Å². The fraction of sp³-hybridized carbons (Fsp3) is 0.857. The van der Waals surface area contributed by atoms with Crippen molar-refractivity contribution in [3.05, 3.63) is 0 Å². The molecule has 0 bridgehead atoms. The van der Waals surface area contributed by atoms with E-state index in [-0.39, 0.29) is 11.8 Å². The molecule has 0 spiro atoms. The lowest BCUT2D eigenvalue weighted by atomic mass is 9.85. The van der Waals surface area contributed by atoms with Crippen LogP contribution >= 0.6 is 0 Å². The van der Waals surface area contributed by atoms with Gasteiger partial charge in [0.05, 0.1) is 0 Å². The van der Waals surface area contributed by atoms with Crippen molar-refractivity contribution in [3.8, 4) is 0 Å². The summed E-state index contributed by atoms with van der Waals surface area (Å²) in [4.78, 5) is 25.4. The summed E-state index contributed by atoms with van der Waals surface area (Å²) in [5, 5.41) is 9.24. The summed E-state index contributed by atoms with van der Waals surface area (Å²) in [6.45, 7) is 3.95. The Morgan fingerprint density at radius 1 is 1.21 bits per heavy atom. The Balaban J connectivity index is 2.01. The third kappa shape index (κ3) is 3.26. The highest BCUT2D eigenvalue weighted by atomic mass is 16.5. The van der Waals surface area contributed by atoms with Gasteiger partial charge in [0.2, 0.25) is 5.91 Å². The minimum atomic E-state index is -0.868. The second-order valence-corrected chi connectivity index (χ2v) is 5.62. The fourth-order valence-corrected chi connectivity index (χ4v) is 3.13. The quantitative estimate of drug-likeness (QED) is 0.843. The van der Waals surface area contributed by atoms with Crippen molar-refractivity contribution in [2.24, 2.45) is 11.8 Å². The van der Waals surface area contributed by atoms with Crippen LogP contribution in [0.25, 0.3) is 0 Å². The SMILES string of the molecule is CC(C(=O)N1CCCC[C@@H]1C(=O)O)C1CCOCC1. The van der Waals surface area contributed by atoms with Gasteiger partial charge in [-0.15, -0.1) is 0 Å². The lowest BCUT2D eigenvalue weighted by molar-refractivity contribution is -0.155. The molecular formula is C14H23NO4. The van der Waals surface area contributed by atoms with Crippen LogP contribution in [0.5, 0.6) is 0 Å². The number of carbonyl (C=O) groups is 2. The summed E-state index contributed by atoms with van der Waals surface area (Å²) < 4.78 is 5.32. The zero-order chi connectivity index (χ0) is 13.8. The van der Waals surface area contributed by atoms with Crippen molar-refractivity contribution in [3.63, 3.8) is 0 Å². The van der Waals surface area contributed by atoms with Crippen LogP contribution in [0.4, 0.5) is 0 Å². The first kappa shape index (κ1) is 14.3. The van der Waals surface area contributed by atoms with Crippen molar-refractivity contribution >= 4 is 11.9 Å². The maximum atomic E-state index is 12.5. The molecule has 1 N–H and O–H groups in total. The molecular weight excluding hydrogens is 246 g/mol. The van der Waals surface area contributed by atoms with E-state index in [0.717, 1.165) is 25.7 Å². The standard InChI is InChI=1S/C14H23NO4/c1-10(11-5-8-19-9-6-11)13(16)15-7-3-2-4-12(15)14(17)18/h10-12H,2-9H2,1H3,(H,17,18)/t10?,12-/m1/s1. The molecule has 2 aliphatic rings. The highest BCUT2D eigenvalue weighted by Gasteiger charge is 2.36. The molecule has 2 fully saturated rings. The van der Waals surface area contributed by atoms with Gasteiger partial charge < -0.3 is 14.7 Å². The zero-order valence-electron chi connectivity index (χ0n) is 11.5. The number of carboxylic acid groups (broad SMARTS) is 1. The molecule has 1 unspecified atom stereocenters. The Labute approximate surface area is 113 Å². The molecule has 0 aromatic heterocycles. The van der Waals surface area contributed by atoms with Crippen LogP contribution in [0.2, 0.25) is 0 Å². The number of hydrogen-bond acceptors (Lipinski definition) is 3. The Kier molecular flexibility index (Phi) is 4.80. The van der Waals surface area contributed by atoms with Gasteiger partial charge in [-0.2, -0.15) is 0 Å². The molecule has 0 saturated carbocycles. The summed E-state index contributed by atoms with van der Waals surface area (Å²) in [6, 6.07) is -0.622. The van der Waals surface area contributed by atoms with Crippen molar-refractivity contribution in [2.75, 3.05) is 19.8 Å². The molecule has 0 aromatic carbocycles. The third-order valence-corrected chi connectivity index (χ3v) is 4.43. The number of likely N-dealkylation sites (tertiary alicyclic amines) is 1. The Morgan fingerprint density at radius 3 is 2.53 bits per heavy atom. The number of carbonyl (C=O) groups excluding carboxylic acids is 1. The molecule has 5 nitrogen and oxygen atoms in total. The summed E-state index contributed by atoms with van der Waals surface area (Å²) in [7, 11) is 0. The normalized spacial score (nSPS) is 27.0. The first-order valence-electron chi connectivity index (χ1n) is 7.22. The lowest BCUT2D eigenvalue weighted by Crippen LogP contribution is -2.51. The number of hydrogen-bond donors (Lipinski definition) is 1. The van der Waals surface area contributed by atoms with E-state index in [0.29, 0.717) is 32.1 Å². The van der Waals surface area contributed by atoms with Crippen LogP contribution in [0.3, 0.4) is 0 Å². The van der Waals surface area contributed by atoms with Gasteiger partial charge in [-0.25, -0.2) is 4.79 Å². The van der Waals surface area contributed by atoms with E-state index >= 15 is 0 Å². The molecule has 19 heavy (non-hydrogen) atoms. The van der Waals surface area contributed by atoms with E-state index in [1.807, 2.05) is 6.92 Å². The van der Waals surface area contributed by atoms with Gasteiger partial charge in [-0.3, -0.25) is 4.79 Å². The van der Waals surface area contributed by atoms with Crippen LogP contribution in [-0.4, -0.2) is 47.7 Å². The number of rotatable bonds is 3. The van der Waals surface area contributed by atoms with Gasteiger partial charge in [0.25, 0.3) is 0 Å². The molecule has 2 atom stereocenters. The second-order valence-electron chi connectivity index (χ2n) is 5.62. The first-order chi connectivity index (χ1) is 9.11. The molecule has 2 saturated heterocycles. The molecule has 1 amide bonds. The summed E-state index contributed by atoms with van der Waals surface area (Å²) in [6.07, 6.45) is 4.20. The van der Waals surface area contributed by atoms with Crippen LogP contribution in [0.15, 0.2) is 0 Å². The van der Waals surface area contributed by atoms with E-state index in [1.165, 1.54) is 0 Å². The summed E-state index contributed by atoms with van der Waals surface area (Å²) in [5.41, 5.74) is 0. The van der Waals surface area contributed by atoms with Crippen molar-refractivity contribution in [1.82, 2.24) is 4.90 Å². The third-order valence-electron chi connectivity index (χ3n) is 4.43. The number of piperidine rings is 1. The minimum Gasteiger partial charge on any atom is -0.480 e. The number of aliphatic carboxylic acids is 1. The Bertz CT molecular complexity index is 338. The van der Waals surface area contributed by atoms with Gasteiger partial charge in [-0.1, -0.05) is 6.92 Å². The predicted octanol–water partition coefficient (Wildman–Crippen LogP) is 1.51. The minimum absolute atomic E-state index is 0.0130. The molecule has 2 aliphatic heterocycles. The van der Waals surface area contributed by atoms with E-state index < -0.39 is 12.0 Å². The Hall–Kier alpha value is -1.10. The largest absolute Gasteiger partial charge is 0.480 e. The zero-order valence-corrected chi connectivity index (χ0v) is 11.5. The van der Waals surface area contributed by atoms with Gasteiger partial charge in [0.15, 0.2) is 0 Å². The molecule has 108 valence electrons. The van der Waals surface area contributed by atoms with Crippen LogP contribution in [0.1, 0.15) is 39.0 Å². The van der Waals surface area contributed by atoms with E-state index in [4.69, 9.17) is 4.74 Å². The molecule has 0 aliphatic carbocycles. The van der Waals surface area contributed by atoms with Crippen molar-refractivity contribution in [1.29, 1.82) is 0 Å². The summed E-state index contributed by atoms with van der Waals surface area (Å²) >= 11 is 0. The maximum absolute atomic E-state index is 12.5. The molecule has 0 aromatic rings. The lowest BCUT2D eigenvalue weighted by Gasteiger charge is -2.37. The number of amides is 1. The van der Waals surface area contributed by atoms with Crippen LogP contribution < -0.4 is 0 Å². The highest BCUT2D eigenvalue weighted by Crippen LogP contribution is 2.28. The van der Waals surface area contributed by atoms with Gasteiger partial charge >= 0.3 is 5.97 Å². The van der Waals surface area contributed by atoms with Crippen molar-refractivity contribution in [2.45, 2.75) is 45.1 Å². The number of ether oxygens (including phenoxy) is 1. The number of carboxylic acids is 1. The molecule has 5 heteroatoms. The van der Waals surface area contributed by atoms with Crippen LogP contribution in [0, 0.1) is 11.8 Å². The monoisotopic (exact) mass is 269 g/mol. The highest BCUT2D eigenvalue weighted by molar-refractivity contribution is 5.85. The van der Waals surface area contributed by atoms with E-state index in [1.54, 1.807) is 4.90 Å². The smallest absolute Gasteiger partial charge is 0.326 e. The van der Waals surface area contributed by atoms with Crippen LogP contribution in [-0.2, 0) is 14.3 Å². The Morgan fingerprint density at radius 2 is 1.89 bits per heavy atom. The van der Waals surface area contributed by atoms with E-state index in [2.05, 4.69) is 0 Å². The van der Waals surface area contributed by atoms with Gasteiger partial charge in [0, 0.05) is 25.7 Å². The predicted molar refractivity (Wildman–Crippen MR) is 69.7 cm³/mol. The van der Waals surface area contributed by atoms with Crippen molar-refractivity contribution < 1.29 is 19.4 Å². The van der Waals surface area contributed by atoms with Gasteiger partial charge in [0.1, 0.15) is 6.04 Å². The maximum Gasteiger partial charge on any atom is 0.326 e. The number of nitrogens with zero attached hydrogens (tertiary/aromatic N) is 1. The molecule has 2 heterocycles. The first-order valence-corrected chi connectivity index (χ1v) is 7.22.